The molecule has 17 heavy (non-hydrogen) atoms. The third kappa shape index (κ3) is 2.68. The fourth-order valence-electron chi connectivity index (χ4n) is 2.38. The van der Waals surface area contributed by atoms with Gasteiger partial charge in [0.15, 0.2) is 0 Å². The smallest absolute Gasteiger partial charge is 0.245 e. The van der Waals surface area contributed by atoms with Gasteiger partial charge in [-0.3, -0.25) is 9.69 Å². The van der Waals surface area contributed by atoms with Gasteiger partial charge >= 0.3 is 0 Å². The van der Waals surface area contributed by atoms with Crippen molar-refractivity contribution in [2.75, 3.05) is 45.9 Å². The zero-order valence-electron chi connectivity index (χ0n) is 10.2. The van der Waals surface area contributed by atoms with Gasteiger partial charge < -0.3 is 15.4 Å². The van der Waals surface area contributed by atoms with Gasteiger partial charge in [-0.1, -0.05) is 6.08 Å². The van der Waals surface area contributed by atoms with Crippen molar-refractivity contribution < 1.29 is 9.53 Å². The molecule has 0 aromatic carbocycles. The molecule has 0 bridgehead atoms. The summed E-state index contributed by atoms with van der Waals surface area (Å²) in [6.07, 6.45) is 2.53. The van der Waals surface area contributed by atoms with Crippen LogP contribution in [0, 0.1) is 0 Å². The molecule has 2 heterocycles. The molecule has 5 nitrogen and oxygen atoms in total. The van der Waals surface area contributed by atoms with Crippen molar-refractivity contribution >= 4 is 5.91 Å². The van der Waals surface area contributed by atoms with Gasteiger partial charge in [0, 0.05) is 39.3 Å². The number of carbonyl (C=O) groups excluding carboxylic acids is 1. The highest BCUT2D eigenvalue weighted by Gasteiger charge is 2.41. The average Bonchev–Trinajstić information content (AvgIpc) is 2.78. The Morgan fingerprint density at radius 3 is 2.65 bits per heavy atom. The molecule has 2 aliphatic rings. The zero-order chi connectivity index (χ0) is 12.3. The molecule has 0 aromatic rings. The quantitative estimate of drug-likeness (QED) is 0.670. The standard InChI is InChI=1S/C12H21N3O2/c1-2-4-14-5-7-15(8-6-14)11(16)12(13)3-9-17-10-12/h2H,1,3-10,13H2. The lowest BCUT2D eigenvalue weighted by molar-refractivity contribution is -0.138. The summed E-state index contributed by atoms with van der Waals surface area (Å²) < 4.78 is 5.24. The van der Waals surface area contributed by atoms with Gasteiger partial charge in [-0.15, -0.1) is 6.58 Å². The van der Waals surface area contributed by atoms with Crippen LogP contribution < -0.4 is 5.73 Å². The summed E-state index contributed by atoms with van der Waals surface area (Å²) in [5.41, 5.74) is 5.30. The SMILES string of the molecule is C=CCN1CCN(C(=O)C2(N)CCOC2)CC1. The molecule has 5 heteroatoms. The maximum absolute atomic E-state index is 12.3. The molecule has 2 N–H and O–H groups in total. The highest BCUT2D eigenvalue weighted by Crippen LogP contribution is 2.19. The van der Waals surface area contributed by atoms with E-state index in [0.717, 1.165) is 32.7 Å². The first kappa shape index (κ1) is 12.5. The van der Waals surface area contributed by atoms with Gasteiger partial charge in [0.25, 0.3) is 0 Å². The molecule has 0 aromatic heterocycles. The van der Waals surface area contributed by atoms with Crippen molar-refractivity contribution in [1.82, 2.24) is 9.80 Å². The molecule has 1 amide bonds. The Bertz CT molecular complexity index is 292. The van der Waals surface area contributed by atoms with Crippen molar-refractivity contribution in [3.63, 3.8) is 0 Å². The van der Waals surface area contributed by atoms with Crippen molar-refractivity contribution in [1.29, 1.82) is 0 Å². The molecule has 0 aliphatic carbocycles. The monoisotopic (exact) mass is 239 g/mol. The van der Waals surface area contributed by atoms with E-state index < -0.39 is 5.54 Å². The van der Waals surface area contributed by atoms with E-state index in [2.05, 4.69) is 11.5 Å². The molecule has 0 radical (unpaired) electrons. The lowest BCUT2D eigenvalue weighted by Gasteiger charge is -2.37. The lowest BCUT2D eigenvalue weighted by Crippen LogP contribution is -2.60. The minimum absolute atomic E-state index is 0.0493. The molecule has 96 valence electrons. The second kappa shape index (κ2) is 5.16. The first-order valence-electron chi connectivity index (χ1n) is 6.15. The summed E-state index contributed by atoms with van der Waals surface area (Å²) in [6, 6.07) is 0. The van der Waals surface area contributed by atoms with E-state index in [0.29, 0.717) is 19.6 Å². The fraction of sp³-hybridized carbons (Fsp3) is 0.750. The van der Waals surface area contributed by atoms with Gasteiger partial charge in [-0.05, 0) is 6.42 Å². The van der Waals surface area contributed by atoms with E-state index >= 15 is 0 Å². The number of amides is 1. The van der Waals surface area contributed by atoms with Crippen LogP contribution in [0.1, 0.15) is 6.42 Å². The predicted molar refractivity (Wildman–Crippen MR) is 65.6 cm³/mol. The third-order valence-corrected chi connectivity index (χ3v) is 3.52. The topological polar surface area (TPSA) is 58.8 Å². The largest absolute Gasteiger partial charge is 0.379 e. The summed E-state index contributed by atoms with van der Waals surface area (Å²) in [4.78, 5) is 16.4. The summed E-state index contributed by atoms with van der Waals surface area (Å²) in [7, 11) is 0. The second-order valence-electron chi connectivity index (χ2n) is 4.84. The van der Waals surface area contributed by atoms with Crippen LogP contribution in [0.15, 0.2) is 12.7 Å². The number of ether oxygens (including phenoxy) is 1. The normalized spacial score (nSPS) is 30.5. The fourth-order valence-corrected chi connectivity index (χ4v) is 2.38. The number of rotatable bonds is 3. The number of carbonyl (C=O) groups is 1. The maximum atomic E-state index is 12.3. The minimum atomic E-state index is -0.777. The first-order chi connectivity index (χ1) is 8.15. The average molecular weight is 239 g/mol. The van der Waals surface area contributed by atoms with Crippen LogP contribution in [0.3, 0.4) is 0 Å². The van der Waals surface area contributed by atoms with Gasteiger partial charge in [0.1, 0.15) is 5.54 Å². The van der Waals surface area contributed by atoms with Crippen molar-refractivity contribution in [3.8, 4) is 0 Å². The van der Waals surface area contributed by atoms with Crippen molar-refractivity contribution in [2.24, 2.45) is 5.73 Å². The molecule has 2 fully saturated rings. The minimum Gasteiger partial charge on any atom is -0.379 e. The molecule has 2 aliphatic heterocycles. The second-order valence-corrected chi connectivity index (χ2v) is 4.84. The van der Waals surface area contributed by atoms with Crippen LogP contribution in [-0.2, 0) is 9.53 Å². The molecule has 0 spiro atoms. The van der Waals surface area contributed by atoms with Gasteiger partial charge in [-0.25, -0.2) is 0 Å². The molecule has 0 saturated carbocycles. The van der Waals surface area contributed by atoms with Crippen molar-refractivity contribution in [2.45, 2.75) is 12.0 Å². The highest BCUT2D eigenvalue weighted by atomic mass is 16.5. The Morgan fingerprint density at radius 1 is 1.41 bits per heavy atom. The van der Waals surface area contributed by atoms with Crippen LogP contribution in [0.4, 0.5) is 0 Å². The van der Waals surface area contributed by atoms with Crippen LogP contribution in [-0.4, -0.2) is 67.2 Å². The molecule has 2 saturated heterocycles. The molecular formula is C12H21N3O2. The summed E-state index contributed by atoms with van der Waals surface area (Å²) in [5.74, 6) is 0.0493. The number of piperazine rings is 1. The van der Waals surface area contributed by atoms with Crippen molar-refractivity contribution in [3.05, 3.63) is 12.7 Å². The van der Waals surface area contributed by atoms with E-state index in [9.17, 15) is 4.79 Å². The van der Waals surface area contributed by atoms with Gasteiger partial charge in [0.05, 0.1) is 6.61 Å². The molecular weight excluding hydrogens is 218 g/mol. The Labute approximate surface area is 102 Å². The van der Waals surface area contributed by atoms with Crippen LogP contribution >= 0.6 is 0 Å². The summed E-state index contributed by atoms with van der Waals surface area (Å²) in [6.45, 7) is 8.87. The number of nitrogens with two attached hydrogens (primary N) is 1. The summed E-state index contributed by atoms with van der Waals surface area (Å²) >= 11 is 0. The number of nitrogens with zero attached hydrogens (tertiary/aromatic N) is 2. The third-order valence-electron chi connectivity index (χ3n) is 3.52. The van der Waals surface area contributed by atoms with E-state index in [1.165, 1.54) is 0 Å². The zero-order valence-corrected chi connectivity index (χ0v) is 10.2. The Balaban J connectivity index is 1.88. The lowest BCUT2D eigenvalue weighted by atomic mass is 9.98. The molecule has 1 unspecified atom stereocenters. The van der Waals surface area contributed by atoms with E-state index in [-0.39, 0.29) is 5.91 Å². The molecule has 2 rings (SSSR count). The Hall–Kier alpha value is -0.910. The van der Waals surface area contributed by atoms with E-state index in [1.807, 2.05) is 11.0 Å². The predicted octanol–water partition coefficient (Wildman–Crippen LogP) is -0.566. The highest BCUT2D eigenvalue weighted by molar-refractivity contribution is 5.86. The van der Waals surface area contributed by atoms with E-state index in [1.54, 1.807) is 0 Å². The number of hydrogen-bond acceptors (Lipinski definition) is 4. The van der Waals surface area contributed by atoms with Crippen LogP contribution in [0.5, 0.6) is 0 Å². The first-order valence-corrected chi connectivity index (χ1v) is 6.15. The van der Waals surface area contributed by atoms with Gasteiger partial charge in [0.2, 0.25) is 5.91 Å². The van der Waals surface area contributed by atoms with Crippen LogP contribution in [0.2, 0.25) is 0 Å². The maximum Gasteiger partial charge on any atom is 0.245 e. The summed E-state index contributed by atoms with van der Waals surface area (Å²) in [5, 5.41) is 0. The Morgan fingerprint density at radius 2 is 2.12 bits per heavy atom. The van der Waals surface area contributed by atoms with Crippen LogP contribution in [0.25, 0.3) is 0 Å². The molecule has 1 atom stereocenters. The number of hydrogen-bond donors (Lipinski definition) is 1. The van der Waals surface area contributed by atoms with E-state index in [4.69, 9.17) is 10.5 Å². The van der Waals surface area contributed by atoms with Gasteiger partial charge in [-0.2, -0.15) is 0 Å². The Kier molecular flexibility index (Phi) is 3.81.